The number of halogens is 2. The van der Waals surface area contributed by atoms with Crippen molar-refractivity contribution in [3.63, 3.8) is 0 Å². The van der Waals surface area contributed by atoms with Crippen LogP contribution in [-0.4, -0.2) is 35.7 Å². The topological polar surface area (TPSA) is 77.2 Å². The molecule has 1 fully saturated rings. The van der Waals surface area contributed by atoms with Gasteiger partial charge in [-0.05, 0) is 6.92 Å². The minimum atomic E-state index is -0.855. The van der Waals surface area contributed by atoms with Crippen molar-refractivity contribution in [1.29, 1.82) is 0 Å². The number of aromatic nitrogens is 1. The van der Waals surface area contributed by atoms with E-state index in [-0.39, 0.29) is 47.7 Å². The second-order valence-electron chi connectivity index (χ2n) is 8.22. The molecule has 1 saturated carbocycles. The molecule has 0 spiro atoms. The Bertz CT molecular complexity index is 602. The smallest absolute Gasteiger partial charge is 0.240 e. The third kappa shape index (κ3) is 4.90. The van der Waals surface area contributed by atoms with Crippen LogP contribution in [0.4, 0.5) is 0 Å². The van der Waals surface area contributed by atoms with E-state index in [0.717, 1.165) is 17.1 Å². The fourth-order valence-electron chi connectivity index (χ4n) is 3.03. The Morgan fingerprint density at radius 1 is 1.42 bits per heavy atom. The first-order valence-corrected chi connectivity index (χ1v) is 9.54. The average Bonchev–Trinajstić information content (AvgIpc) is 2.95. The largest absolute Gasteiger partial charge is 0.378 e. The summed E-state index contributed by atoms with van der Waals surface area (Å²) in [5, 5.41) is 6.14. The number of nitrogens with zero attached hydrogens (tertiary/aromatic N) is 1. The summed E-state index contributed by atoms with van der Waals surface area (Å²) in [6.07, 6.45) is 1.36. The lowest BCUT2D eigenvalue weighted by atomic mass is 9.54. The molecule has 1 amide bonds. The van der Waals surface area contributed by atoms with Crippen molar-refractivity contribution in [1.82, 2.24) is 10.3 Å². The predicted molar refractivity (Wildman–Crippen MR) is 113 cm³/mol. The summed E-state index contributed by atoms with van der Waals surface area (Å²) >= 11 is 1.65. The molecule has 152 valence electrons. The van der Waals surface area contributed by atoms with E-state index in [0.29, 0.717) is 19.6 Å². The maximum absolute atomic E-state index is 12.6. The van der Waals surface area contributed by atoms with Gasteiger partial charge in [-0.3, -0.25) is 4.79 Å². The first-order chi connectivity index (χ1) is 11.0. The van der Waals surface area contributed by atoms with Gasteiger partial charge in [0.2, 0.25) is 5.91 Å². The minimum absolute atomic E-state index is 0. The molecule has 1 aliphatic rings. The van der Waals surface area contributed by atoms with E-state index in [1.165, 1.54) is 0 Å². The van der Waals surface area contributed by atoms with E-state index in [2.05, 4.69) is 36.5 Å². The summed E-state index contributed by atoms with van der Waals surface area (Å²) in [5.74, 6) is -0.0870. The van der Waals surface area contributed by atoms with Gasteiger partial charge in [-0.25, -0.2) is 4.98 Å². The number of ether oxygens (including phenoxy) is 1. The molecule has 0 radical (unpaired) electrons. The fraction of sp³-hybridized carbons (Fsp3) is 0.778. The van der Waals surface area contributed by atoms with Gasteiger partial charge in [0, 0.05) is 42.2 Å². The van der Waals surface area contributed by atoms with Crippen LogP contribution >= 0.6 is 36.2 Å². The van der Waals surface area contributed by atoms with Crippen LogP contribution in [0.5, 0.6) is 0 Å². The number of hydrogen-bond acceptors (Lipinski definition) is 5. The van der Waals surface area contributed by atoms with E-state index in [9.17, 15) is 4.79 Å². The van der Waals surface area contributed by atoms with E-state index >= 15 is 0 Å². The molecule has 0 aromatic carbocycles. The standard InChI is InChI=1S/C18H31N3O2S.2ClH/c1-7-23-13-10-18(19,17(13,5)6)15(22)20-9-8-14-21-12(11-24-14)16(2,3)4;;/h11,13H,7-10,19H2,1-6H3,(H,20,22);2*1H. The van der Waals surface area contributed by atoms with Crippen LogP contribution in [0, 0.1) is 5.41 Å². The highest BCUT2D eigenvalue weighted by Gasteiger charge is 2.62. The van der Waals surface area contributed by atoms with Crippen molar-refractivity contribution in [2.45, 2.75) is 71.4 Å². The van der Waals surface area contributed by atoms with Gasteiger partial charge < -0.3 is 15.8 Å². The third-order valence-electron chi connectivity index (χ3n) is 5.18. The molecule has 1 aromatic rings. The van der Waals surface area contributed by atoms with Crippen LogP contribution in [0.15, 0.2) is 5.38 Å². The molecule has 1 aliphatic carbocycles. The fourth-order valence-corrected chi connectivity index (χ4v) is 4.06. The Kier molecular flexibility index (Phi) is 9.05. The predicted octanol–water partition coefficient (Wildman–Crippen LogP) is 3.48. The Hall–Kier alpha value is -0.400. The lowest BCUT2D eigenvalue weighted by Gasteiger charge is -2.57. The Balaban J connectivity index is 0.00000312. The maximum atomic E-state index is 12.6. The molecule has 8 heteroatoms. The van der Waals surface area contributed by atoms with E-state index in [4.69, 9.17) is 10.5 Å². The van der Waals surface area contributed by atoms with Crippen LogP contribution in [0.2, 0.25) is 0 Å². The van der Waals surface area contributed by atoms with Gasteiger partial charge in [-0.2, -0.15) is 0 Å². The van der Waals surface area contributed by atoms with Crippen molar-refractivity contribution in [3.05, 3.63) is 16.1 Å². The highest BCUT2D eigenvalue weighted by molar-refractivity contribution is 7.09. The third-order valence-corrected chi connectivity index (χ3v) is 6.09. The quantitative estimate of drug-likeness (QED) is 0.730. The van der Waals surface area contributed by atoms with Crippen molar-refractivity contribution < 1.29 is 9.53 Å². The van der Waals surface area contributed by atoms with Crippen molar-refractivity contribution in [2.24, 2.45) is 11.1 Å². The second kappa shape index (κ2) is 9.20. The summed E-state index contributed by atoms with van der Waals surface area (Å²) in [4.78, 5) is 17.2. The average molecular weight is 426 g/mol. The van der Waals surface area contributed by atoms with Crippen LogP contribution < -0.4 is 11.1 Å². The monoisotopic (exact) mass is 425 g/mol. The van der Waals surface area contributed by atoms with Crippen molar-refractivity contribution in [3.8, 4) is 0 Å². The Morgan fingerprint density at radius 2 is 2.04 bits per heavy atom. The normalized spacial score (nSPS) is 24.0. The number of hydrogen-bond donors (Lipinski definition) is 2. The van der Waals surface area contributed by atoms with Gasteiger partial charge in [0.25, 0.3) is 0 Å². The van der Waals surface area contributed by atoms with E-state index in [1.54, 1.807) is 11.3 Å². The molecule has 0 saturated heterocycles. The zero-order chi connectivity index (χ0) is 18.2. The lowest BCUT2D eigenvalue weighted by molar-refractivity contribution is -0.170. The molecule has 1 aromatic heterocycles. The van der Waals surface area contributed by atoms with Crippen molar-refractivity contribution >= 4 is 42.1 Å². The van der Waals surface area contributed by atoms with Gasteiger partial charge in [-0.1, -0.05) is 34.6 Å². The Labute approximate surface area is 173 Å². The van der Waals surface area contributed by atoms with Gasteiger partial charge in [-0.15, -0.1) is 36.2 Å². The van der Waals surface area contributed by atoms with Crippen LogP contribution in [0.1, 0.15) is 58.7 Å². The second-order valence-corrected chi connectivity index (χ2v) is 9.17. The molecule has 3 N–H and O–H groups in total. The van der Waals surface area contributed by atoms with Gasteiger partial charge in [0.15, 0.2) is 0 Å². The highest BCUT2D eigenvalue weighted by atomic mass is 35.5. The summed E-state index contributed by atoms with van der Waals surface area (Å²) in [7, 11) is 0. The van der Waals surface area contributed by atoms with Crippen LogP contribution in [0.3, 0.4) is 0 Å². The summed E-state index contributed by atoms with van der Waals surface area (Å²) in [6.45, 7) is 13.6. The number of rotatable bonds is 6. The molecular formula is C18H33Cl2N3O2S. The number of carbonyl (C=O) groups is 1. The molecule has 2 atom stereocenters. The first-order valence-electron chi connectivity index (χ1n) is 8.66. The van der Waals surface area contributed by atoms with Gasteiger partial charge >= 0.3 is 0 Å². The SMILES string of the molecule is CCOC1CC(N)(C(=O)NCCc2nc(C(C)(C)C)cs2)C1(C)C.Cl.Cl. The molecule has 5 nitrogen and oxygen atoms in total. The molecule has 2 rings (SSSR count). The molecule has 0 aliphatic heterocycles. The van der Waals surface area contributed by atoms with Gasteiger partial charge in [0.05, 0.1) is 16.8 Å². The molecule has 26 heavy (non-hydrogen) atoms. The lowest BCUT2D eigenvalue weighted by Crippen LogP contribution is -2.75. The zero-order valence-corrected chi connectivity index (χ0v) is 19.0. The number of nitrogens with two attached hydrogens (primary N) is 1. The minimum Gasteiger partial charge on any atom is -0.378 e. The van der Waals surface area contributed by atoms with Crippen LogP contribution in [-0.2, 0) is 21.4 Å². The molecule has 0 bridgehead atoms. The summed E-state index contributed by atoms with van der Waals surface area (Å²) < 4.78 is 5.68. The van der Waals surface area contributed by atoms with Crippen LogP contribution in [0.25, 0.3) is 0 Å². The number of carbonyl (C=O) groups excluding carboxylic acids is 1. The van der Waals surface area contributed by atoms with E-state index < -0.39 is 5.54 Å². The number of amides is 1. The zero-order valence-electron chi connectivity index (χ0n) is 16.5. The number of thiazole rings is 1. The molecule has 2 unspecified atom stereocenters. The van der Waals surface area contributed by atoms with Crippen molar-refractivity contribution in [2.75, 3.05) is 13.2 Å². The van der Waals surface area contributed by atoms with Gasteiger partial charge in [0.1, 0.15) is 5.54 Å². The first kappa shape index (κ1) is 25.6. The molecular weight excluding hydrogens is 393 g/mol. The number of nitrogens with one attached hydrogen (secondary N) is 1. The van der Waals surface area contributed by atoms with E-state index in [1.807, 2.05) is 20.8 Å². The molecule has 1 heterocycles. The highest BCUT2D eigenvalue weighted by Crippen LogP contribution is 2.49. The Morgan fingerprint density at radius 3 is 2.50 bits per heavy atom. The summed E-state index contributed by atoms with van der Waals surface area (Å²) in [6, 6.07) is 0. The maximum Gasteiger partial charge on any atom is 0.240 e. The summed E-state index contributed by atoms with van der Waals surface area (Å²) in [5.41, 5.74) is 6.33.